The summed E-state index contributed by atoms with van der Waals surface area (Å²) in [5, 5.41) is 2.84. The van der Waals surface area contributed by atoms with Gasteiger partial charge in [-0.2, -0.15) is 0 Å². The van der Waals surface area contributed by atoms with Crippen LogP contribution in [0.4, 0.5) is 11.4 Å². The van der Waals surface area contributed by atoms with Crippen molar-refractivity contribution in [1.29, 1.82) is 0 Å². The van der Waals surface area contributed by atoms with Gasteiger partial charge in [0.25, 0.3) is 5.56 Å². The molecule has 28 heavy (non-hydrogen) atoms. The van der Waals surface area contributed by atoms with Gasteiger partial charge in [0.2, 0.25) is 5.91 Å². The molecule has 1 amide bonds. The lowest BCUT2D eigenvalue weighted by Gasteiger charge is -2.36. The van der Waals surface area contributed by atoms with Crippen LogP contribution in [0, 0.1) is 6.92 Å². The summed E-state index contributed by atoms with van der Waals surface area (Å²) in [7, 11) is 0. The number of carbonyl (C=O) groups is 1. The van der Waals surface area contributed by atoms with Crippen LogP contribution in [0.25, 0.3) is 0 Å². The van der Waals surface area contributed by atoms with Gasteiger partial charge >= 0.3 is 5.69 Å². The number of H-pyrrole nitrogens is 2. The molecule has 0 saturated carbocycles. The van der Waals surface area contributed by atoms with Crippen molar-refractivity contribution in [2.24, 2.45) is 0 Å². The fourth-order valence-corrected chi connectivity index (χ4v) is 3.53. The predicted molar refractivity (Wildman–Crippen MR) is 108 cm³/mol. The summed E-state index contributed by atoms with van der Waals surface area (Å²) >= 11 is 0. The van der Waals surface area contributed by atoms with Crippen molar-refractivity contribution in [2.75, 3.05) is 23.3 Å². The van der Waals surface area contributed by atoms with E-state index >= 15 is 0 Å². The molecule has 1 fully saturated rings. The van der Waals surface area contributed by atoms with Crippen molar-refractivity contribution in [3.8, 4) is 0 Å². The van der Waals surface area contributed by atoms with Crippen LogP contribution in [0.15, 0.2) is 33.9 Å². The van der Waals surface area contributed by atoms with Crippen LogP contribution < -0.4 is 21.5 Å². The van der Waals surface area contributed by atoms with Gasteiger partial charge in [-0.15, -0.1) is 0 Å². The average Bonchev–Trinajstić information content (AvgIpc) is 2.60. The number of anilines is 2. The predicted octanol–water partition coefficient (Wildman–Crippen LogP) is 1.56. The number of hydrogen-bond acceptors (Lipinski definition) is 5. The van der Waals surface area contributed by atoms with E-state index in [9.17, 15) is 14.4 Å². The zero-order chi connectivity index (χ0) is 20.3. The van der Waals surface area contributed by atoms with Crippen molar-refractivity contribution in [2.45, 2.75) is 45.8 Å². The Morgan fingerprint density at radius 1 is 1.14 bits per heavy atom. The standard InChI is InChI=1S/C20H26N4O4/c1-12-10-24(11-13(2)28-12)16-6-4-15(5-7-16)22-18(25)9-8-17-14(3)21-20(27)23-19(17)26/h4-7,12-13H,8-11H2,1-3H3,(H,22,25)(H2,21,23,26,27). The fourth-order valence-electron chi connectivity index (χ4n) is 3.53. The minimum Gasteiger partial charge on any atom is -0.372 e. The highest BCUT2D eigenvalue weighted by Gasteiger charge is 2.22. The van der Waals surface area contributed by atoms with Crippen LogP contribution in [-0.4, -0.2) is 41.2 Å². The molecule has 0 spiro atoms. The number of hydrogen-bond donors (Lipinski definition) is 3. The molecule has 2 unspecified atom stereocenters. The maximum absolute atomic E-state index is 12.2. The van der Waals surface area contributed by atoms with E-state index in [4.69, 9.17) is 4.74 Å². The first kappa shape index (κ1) is 19.9. The van der Waals surface area contributed by atoms with E-state index in [0.717, 1.165) is 18.8 Å². The van der Waals surface area contributed by atoms with E-state index in [-0.39, 0.29) is 31.0 Å². The second kappa shape index (κ2) is 8.43. The molecule has 1 aromatic carbocycles. The molecule has 8 nitrogen and oxygen atoms in total. The number of nitrogens with zero attached hydrogens (tertiary/aromatic N) is 1. The van der Waals surface area contributed by atoms with Crippen molar-refractivity contribution in [3.05, 3.63) is 56.4 Å². The molecule has 8 heteroatoms. The SMILES string of the molecule is Cc1[nH]c(=O)[nH]c(=O)c1CCC(=O)Nc1ccc(N2CC(C)OC(C)C2)cc1. The topological polar surface area (TPSA) is 107 Å². The van der Waals surface area contributed by atoms with Crippen LogP contribution in [0.2, 0.25) is 0 Å². The number of aromatic nitrogens is 2. The molecule has 3 rings (SSSR count). The van der Waals surface area contributed by atoms with Gasteiger partial charge in [0.05, 0.1) is 12.2 Å². The van der Waals surface area contributed by atoms with Crippen LogP contribution >= 0.6 is 0 Å². The lowest BCUT2D eigenvalue weighted by molar-refractivity contribution is -0.116. The number of benzene rings is 1. The Morgan fingerprint density at radius 2 is 1.79 bits per heavy atom. The van der Waals surface area contributed by atoms with Gasteiger partial charge < -0.3 is 19.9 Å². The van der Waals surface area contributed by atoms with Crippen molar-refractivity contribution in [3.63, 3.8) is 0 Å². The Hall–Kier alpha value is -2.87. The summed E-state index contributed by atoms with van der Waals surface area (Å²) < 4.78 is 5.76. The summed E-state index contributed by atoms with van der Waals surface area (Å²) in [6.07, 6.45) is 0.770. The highest BCUT2D eigenvalue weighted by atomic mass is 16.5. The Balaban J connectivity index is 1.58. The molecule has 2 atom stereocenters. The number of carbonyl (C=O) groups excluding carboxylic acids is 1. The van der Waals surface area contributed by atoms with Crippen molar-refractivity contribution >= 4 is 17.3 Å². The summed E-state index contributed by atoms with van der Waals surface area (Å²) in [4.78, 5) is 42.3. The van der Waals surface area contributed by atoms with Gasteiger partial charge in [-0.1, -0.05) is 0 Å². The van der Waals surface area contributed by atoms with E-state index in [2.05, 4.69) is 34.0 Å². The number of nitrogens with one attached hydrogen (secondary N) is 3. The minimum atomic E-state index is -0.542. The van der Waals surface area contributed by atoms with E-state index in [0.29, 0.717) is 16.9 Å². The van der Waals surface area contributed by atoms with E-state index in [1.54, 1.807) is 6.92 Å². The minimum absolute atomic E-state index is 0.149. The zero-order valence-electron chi connectivity index (χ0n) is 16.4. The monoisotopic (exact) mass is 386 g/mol. The average molecular weight is 386 g/mol. The molecule has 2 aromatic rings. The van der Waals surface area contributed by atoms with Crippen LogP contribution in [0.1, 0.15) is 31.5 Å². The quantitative estimate of drug-likeness (QED) is 0.723. The van der Waals surface area contributed by atoms with Gasteiger partial charge in [-0.25, -0.2) is 4.79 Å². The van der Waals surface area contributed by atoms with Gasteiger partial charge in [0, 0.05) is 42.1 Å². The molecule has 1 aliphatic heterocycles. The maximum atomic E-state index is 12.2. The van der Waals surface area contributed by atoms with Crippen molar-refractivity contribution < 1.29 is 9.53 Å². The lowest BCUT2D eigenvalue weighted by atomic mass is 10.1. The molecule has 150 valence electrons. The third-order valence-corrected chi connectivity index (χ3v) is 4.79. The summed E-state index contributed by atoms with van der Waals surface area (Å²) in [5.74, 6) is -0.189. The zero-order valence-corrected chi connectivity index (χ0v) is 16.4. The van der Waals surface area contributed by atoms with E-state index in [1.165, 1.54) is 0 Å². The molecule has 2 heterocycles. The molecule has 0 bridgehead atoms. The Labute approximate surface area is 162 Å². The fraction of sp³-hybridized carbons (Fsp3) is 0.450. The first-order valence-corrected chi connectivity index (χ1v) is 9.44. The largest absolute Gasteiger partial charge is 0.372 e. The summed E-state index contributed by atoms with van der Waals surface area (Å²) in [6.45, 7) is 7.45. The van der Waals surface area contributed by atoms with Crippen molar-refractivity contribution in [1.82, 2.24) is 9.97 Å². The molecular formula is C20H26N4O4. The van der Waals surface area contributed by atoms with E-state index < -0.39 is 11.2 Å². The summed E-state index contributed by atoms with van der Waals surface area (Å²) in [5.41, 5.74) is 1.71. The van der Waals surface area contributed by atoms with Gasteiger partial charge in [0.15, 0.2) is 0 Å². The highest BCUT2D eigenvalue weighted by Crippen LogP contribution is 2.22. The van der Waals surface area contributed by atoms with Gasteiger partial charge in [-0.05, 0) is 51.5 Å². The summed E-state index contributed by atoms with van der Waals surface area (Å²) in [6, 6.07) is 7.71. The Morgan fingerprint density at radius 3 is 2.39 bits per heavy atom. The lowest BCUT2D eigenvalue weighted by Crippen LogP contribution is -2.45. The third kappa shape index (κ3) is 4.89. The molecule has 3 N–H and O–H groups in total. The number of ether oxygens (including phenoxy) is 1. The number of aryl methyl sites for hydroxylation is 1. The second-order valence-corrected chi connectivity index (χ2v) is 7.27. The smallest absolute Gasteiger partial charge is 0.325 e. The Kier molecular flexibility index (Phi) is 5.99. The maximum Gasteiger partial charge on any atom is 0.325 e. The molecule has 1 aliphatic rings. The number of amides is 1. The molecule has 0 radical (unpaired) electrons. The van der Waals surface area contributed by atoms with Crippen LogP contribution in [0.3, 0.4) is 0 Å². The molecule has 0 aliphatic carbocycles. The Bertz CT molecular complexity index is 938. The normalized spacial score (nSPS) is 19.5. The number of morpholine rings is 1. The third-order valence-electron chi connectivity index (χ3n) is 4.79. The van der Waals surface area contributed by atoms with Gasteiger partial charge in [-0.3, -0.25) is 14.6 Å². The first-order valence-electron chi connectivity index (χ1n) is 9.44. The van der Waals surface area contributed by atoms with E-state index in [1.807, 2.05) is 24.3 Å². The van der Waals surface area contributed by atoms with Gasteiger partial charge in [0.1, 0.15) is 0 Å². The molecular weight excluding hydrogens is 360 g/mol. The second-order valence-electron chi connectivity index (χ2n) is 7.27. The van der Waals surface area contributed by atoms with Crippen LogP contribution in [-0.2, 0) is 16.0 Å². The highest BCUT2D eigenvalue weighted by molar-refractivity contribution is 5.91. The van der Waals surface area contributed by atoms with Crippen LogP contribution in [0.5, 0.6) is 0 Å². The first-order chi connectivity index (χ1) is 13.3. The molecule has 1 saturated heterocycles. The number of rotatable bonds is 5. The molecule has 1 aromatic heterocycles. The number of aromatic amines is 2.